The molecule has 0 fully saturated rings. The highest BCUT2D eigenvalue weighted by Gasteiger charge is 2.29. The van der Waals surface area contributed by atoms with Crippen molar-refractivity contribution in [2.75, 3.05) is 14.1 Å². The van der Waals surface area contributed by atoms with E-state index in [-0.39, 0.29) is 0 Å². The summed E-state index contributed by atoms with van der Waals surface area (Å²) in [6.07, 6.45) is 6.23. The second-order valence-corrected chi connectivity index (χ2v) is 8.93. The third-order valence-corrected chi connectivity index (χ3v) is 8.30. The number of hydrogen-bond acceptors (Lipinski definition) is 1. The lowest BCUT2D eigenvalue weighted by Gasteiger charge is -2.34. The number of unbranched alkanes of at least 4 members (excludes halogenated alkanes) is 1. The van der Waals surface area contributed by atoms with Crippen LogP contribution in [0.2, 0.25) is 12.1 Å². The average molecular weight is 213 g/mol. The fourth-order valence-corrected chi connectivity index (χ4v) is 5.57. The molecule has 0 aromatic rings. The first-order chi connectivity index (χ1) is 6.63. The molecule has 0 heterocycles. The Hall–Kier alpha value is -0.0831. The first-order valence-electron chi connectivity index (χ1n) is 5.98. The van der Waals surface area contributed by atoms with Crippen LogP contribution in [0.25, 0.3) is 0 Å². The maximum absolute atomic E-state index is 2.56. The minimum absolute atomic E-state index is 1.23. The normalized spacial score (nSPS) is 16.4. The van der Waals surface area contributed by atoms with Gasteiger partial charge in [-0.05, 0) is 32.6 Å². The van der Waals surface area contributed by atoms with Gasteiger partial charge in [-0.3, -0.25) is 0 Å². The van der Waals surface area contributed by atoms with Crippen LogP contribution in [0.5, 0.6) is 0 Å². The summed E-state index contributed by atoms with van der Waals surface area (Å²) >= 11 is 0. The molecule has 0 amide bonds. The predicted molar refractivity (Wildman–Crippen MR) is 69.1 cm³/mol. The lowest BCUT2D eigenvalue weighted by atomic mass is 10.3. The van der Waals surface area contributed by atoms with E-state index in [0.29, 0.717) is 0 Å². The fourth-order valence-electron chi connectivity index (χ4n) is 1.97. The third-order valence-electron chi connectivity index (χ3n) is 3.07. The second kappa shape index (κ2) is 7.24. The number of allylic oxidation sites excluding steroid dienone is 1. The van der Waals surface area contributed by atoms with Crippen molar-refractivity contribution in [1.29, 1.82) is 0 Å². The highest BCUT2D eigenvalue weighted by atomic mass is 28.3. The van der Waals surface area contributed by atoms with Gasteiger partial charge in [0.05, 0.1) is 0 Å². The highest BCUT2D eigenvalue weighted by molar-refractivity contribution is 6.81. The molecule has 0 saturated carbocycles. The predicted octanol–water partition coefficient (Wildman–Crippen LogP) is 3.82. The molecule has 0 rings (SSSR count). The molecule has 0 aromatic carbocycles. The summed E-state index contributed by atoms with van der Waals surface area (Å²) in [4.78, 5) is 0. The molecule has 0 aliphatic rings. The van der Waals surface area contributed by atoms with Gasteiger partial charge in [0.15, 0.2) is 8.24 Å². The van der Waals surface area contributed by atoms with Gasteiger partial charge < -0.3 is 4.57 Å². The number of nitrogens with zero attached hydrogens (tertiary/aromatic N) is 1. The van der Waals surface area contributed by atoms with Crippen LogP contribution in [-0.2, 0) is 0 Å². The van der Waals surface area contributed by atoms with Crippen molar-refractivity contribution in [3.63, 3.8) is 0 Å². The molecule has 0 bridgehead atoms. The van der Waals surface area contributed by atoms with Crippen LogP contribution < -0.4 is 0 Å². The Morgan fingerprint density at radius 3 is 2.07 bits per heavy atom. The highest BCUT2D eigenvalue weighted by Crippen LogP contribution is 2.21. The molecule has 0 spiro atoms. The summed E-state index contributed by atoms with van der Waals surface area (Å²) in [5.74, 6) is 0. The zero-order valence-electron chi connectivity index (χ0n) is 10.6. The van der Waals surface area contributed by atoms with Gasteiger partial charge in [0.1, 0.15) is 0 Å². The Bertz CT molecular complexity index is 166. The summed E-state index contributed by atoms with van der Waals surface area (Å²) in [5, 5.41) is 0. The van der Waals surface area contributed by atoms with E-state index in [1.165, 1.54) is 31.4 Å². The summed E-state index contributed by atoms with van der Waals surface area (Å²) in [5.41, 5.74) is 2.56. The van der Waals surface area contributed by atoms with Gasteiger partial charge in [0.2, 0.25) is 0 Å². The van der Waals surface area contributed by atoms with Crippen molar-refractivity contribution in [2.45, 2.75) is 52.1 Å². The minimum atomic E-state index is -1.23. The first-order valence-corrected chi connectivity index (χ1v) is 8.42. The summed E-state index contributed by atoms with van der Waals surface area (Å²) in [6, 6.07) is 2.74. The first kappa shape index (κ1) is 13.9. The van der Waals surface area contributed by atoms with E-state index in [1.54, 1.807) is 0 Å². The minimum Gasteiger partial charge on any atom is -0.326 e. The topological polar surface area (TPSA) is 3.24 Å². The molecular formula is C12H27NSi. The van der Waals surface area contributed by atoms with E-state index in [1.807, 2.05) is 0 Å². The van der Waals surface area contributed by atoms with Crippen molar-refractivity contribution in [3.05, 3.63) is 11.8 Å². The Labute approximate surface area is 91.3 Å². The van der Waals surface area contributed by atoms with Gasteiger partial charge in [-0.1, -0.05) is 45.4 Å². The van der Waals surface area contributed by atoms with Crippen LogP contribution in [0, 0.1) is 0 Å². The van der Waals surface area contributed by atoms with E-state index in [9.17, 15) is 0 Å². The molecule has 1 atom stereocenters. The van der Waals surface area contributed by atoms with Crippen LogP contribution >= 0.6 is 0 Å². The summed E-state index contributed by atoms with van der Waals surface area (Å²) in [6.45, 7) is 6.89. The third kappa shape index (κ3) is 3.97. The largest absolute Gasteiger partial charge is 0.326 e. The van der Waals surface area contributed by atoms with Crippen molar-refractivity contribution >= 4 is 8.24 Å². The molecule has 1 unspecified atom stereocenters. The molecule has 0 saturated heterocycles. The maximum atomic E-state index is 2.56. The molecule has 84 valence electrons. The maximum Gasteiger partial charge on any atom is 0.152 e. The number of rotatable bonds is 7. The smallest absolute Gasteiger partial charge is 0.152 e. The lowest BCUT2D eigenvalue weighted by Crippen LogP contribution is -2.47. The van der Waals surface area contributed by atoms with Gasteiger partial charge in [-0.2, -0.15) is 0 Å². The number of hydrogen-bond donors (Lipinski definition) is 0. The van der Waals surface area contributed by atoms with Crippen molar-refractivity contribution in [3.8, 4) is 0 Å². The van der Waals surface area contributed by atoms with E-state index in [4.69, 9.17) is 0 Å². The van der Waals surface area contributed by atoms with Crippen molar-refractivity contribution < 1.29 is 0 Å². The Kier molecular flexibility index (Phi) is 7.20. The Balaban J connectivity index is 4.49. The zero-order chi connectivity index (χ0) is 11.0. The molecule has 14 heavy (non-hydrogen) atoms. The zero-order valence-corrected chi connectivity index (χ0v) is 11.6. The molecule has 0 aromatic heterocycles. The second-order valence-electron chi connectivity index (χ2n) is 4.29. The molecule has 2 heteroatoms. The van der Waals surface area contributed by atoms with Crippen LogP contribution in [0.4, 0.5) is 0 Å². The summed E-state index contributed by atoms with van der Waals surface area (Å²) in [7, 11) is 3.27. The van der Waals surface area contributed by atoms with E-state index >= 15 is 0 Å². The average Bonchev–Trinajstić information content (AvgIpc) is 2.16. The molecule has 0 aliphatic heterocycles. The lowest BCUT2D eigenvalue weighted by molar-refractivity contribution is 0.611. The van der Waals surface area contributed by atoms with Crippen LogP contribution in [0.15, 0.2) is 11.8 Å². The van der Waals surface area contributed by atoms with Gasteiger partial charge >= 0.3 is 0 Å². The quantitative estimate of drug-likeness (QED) is 0.581. The molecule has 0 aliphatic carbocycles. The van der Waals surface area contributed by atoms with Crippen molar-refractivity contribution in [1.82, 2.24) is 4.57 Å². The molecule has 1 nitrogen and oxygen atoms in total. The monoisotopic (exact) mass is 213 g/mol. The SMILES string of the molecule is CCCC=C[Si](CC)(CCC)N(C)C. The Morgan fingerprint density at radius 1 is 1.07 bits per heavy atom. The van der Waals surface area contributed by atoms with Crippen molar-refractivity contribution in [2.24, 2.45) is 0 Å². The molecular weight excluding hydrogens is 186 g/mol. The van der Waals surface area contributed by atoms with Crippen LogP contribution in [-0.4, -0.2) is 26.9 Å². The van der Waals surface area contributed by atoms with Gasteiger partial charge in [-0.25, -0.2) is 0 Å². The van der Waals surface area contributed by atoms with E-state index in [2.05, 4.69) is 51.2 Å². The standard InChI is InChI=1S/C12H27NSi/c1-6-9-10-12-14(8-3,11-7-2)13(4)5/h10,12H,6-9,11H2,1-5H3. The van der Waals surface area contributed by atoms with Gasteiger partial charge in [0, 0.05) is 0 Å². The summed E-state index contributed by atoms with van der Waals surface area (Å²) < 4.78 is 2.50. The van der Waals surface area contributed by atoms with Gasteiger partial charge in [-0.15, -0.1) is 0 Å². The fraction of sp³-hybridized carbons (Fsp3) is 0.833. The molecule has 0 radical (unpaired) electrons. The van der Waals surface area contributed by atoms with Crippen LogP contribution in [0.3, 0.4) is 0 Å². The van der Waals surface area contributed by atoms with Gasteiger partial charge in [0.25, 0.3) is 0 Å². The molecule has 0 N–H and O–H groups in total. The Morgan fingerprint density at radius 2 is 1.71 bits per heavy atom. The van der Waals surface area contributed by atoms with Crippen LogP contribution in [0.1, 0.15) is 40.0 Å². The van der Waals surface area contributed by atoms with E-state index in [0.717, 1.165) is 0 Å². The van der Waals surface area contributed by atoms with E-state index < -0.39 is 8.24 Å².